The molecular formula is C18H22N4O3S. The second-order valence-corrected chi connectivity index (χ2v) is 7.89. The lowest BCUT2D eigenvalue weighted by molar-refractivity contribution is 0.0965. The van der Waals surface area contributed by atoms with Crippen molar-refractivity contribution >= 4 is 39.4 Å². The minimum absolute atomic E-state index is 0.0687. The normalized spacial score (nSPS) is 18.1. The van der Waals surface area contributed by atoms with Gasteiger partial charge in [0, 0.05) is 25.5 Å². The quantitative estimate of drug-likeness (QED) is 0.765. The molecule has 26 heavy (non-hydrogen) atoms. The number of amides is 2. The van der Waals surface area contributed by atoms with Crippen LogP contribution in [0.5, 0.6) is 0 Å². The van der Waals surface area contributed by atoms with Gasteiger partial charge in [-0.1, -0.05) is 12.8 Å². The number of carboxylic acid groups (broad SMARTS) is 1. The summed E-state index contributed by atoms with van der Waals surface area (Å²) in [5.74, 6) is 1.24. The Kier molecular flexibility index (Phi) is 4.44. The molecule has 4 rings (SSSR count). The average Bonchev–Trinajstić information content (AvgIpc) is 3.25. The summed E-state index contributed by atoms with van der Waals surface area (Å²) in [7, 11) is 1.63. The second kappa shape index (κ2) is 6.75. The number of rotatable bonds is 4. The van der Waals surface area contributed by atoms with Crippen LogP contribution in [0.15, 0.2) is 11.4 Å². The SMILES string of the molecule is CNC(=O)c1csc2c(C3CCCC3)cc(N3CC(NC(=O)O)C3)nc12. The van der Waals surface area contributed by atoms with E-state index in [9.17, 15) is 9.59 Å². The van der Waals surface area contributed by atoms with Crippen molar-refractivity contribution in [1.29, 1.82) is 0 Å². The summed E-state index contributed by atoms with van der Waals surface area (Å²) in [4.78, 5) is 29.8. The summed E-state index contributed by atoms with van der Waals surface area (Å²) in [6.45, 7) is 1.21. The molecule has 2 amide bonds. The molecule has 1 aliphatic carbocycles. The lowest BCUT2D eigenvalue weighted by atomic mass is 9.97. The Hall–Kier alpha value is -2.35. The van der Waals surface area contributed by atoms with Gasteiger partial charge in [0.15, 0.2) is 0 Å². The molecule has 2 aromatic rings. The molecule has 3 N–H and O–H groups in total. The maximum atomic E-state index is 12.2. The van der Waals surface area contributed by atoms with Crippen LogP contribution in [0.3, 0.4) is 0 Å². The number of thiophene rings is 1. The van der Waals surface area contributed by atoms with Gasteiger partial charge in [-0.15, -0.1) is 11.3 Å². The van der Waals surface area contributed by atoms with Gasteiger partial charge in [-0.05, 0) is 30.4 Å². The lowest BCUT2D eigenvalue weighted by Gasteiger charge is -2.40. The number of fused-ring (bicyclic) bond motifs is 1. The van der Waals surface area contributed by atoms with Gasteiger partial charge >= 0.3 is 6.09 Å². The van der Waals surface area contributed by atoms with Crippen LogP contribution in [0.1, 0.15) is 47.5 Å². The molecule has 0 bridgehead atoms. The van der Waals surface area contributed by atoms with E-state index in [-0.39, 0.29) is 11.9 Å². The molecule has 0 radical (unpaired) electrons. The number of hydrogen-bond donors (Lipinski definition) is 3. The largest absolute Gasteiger partial charge is 0.465 e. The molecule has 1 saturated carbocycles. The number of anilines is 1. The van der Waals surface area contributed by atoms with Crippen LogP contribution >= 0.6 is 11.3 Å². The van der Waals surface area contributed by atoms with Crippen LogP contribution in [-0.4, -0.2) is 48.3 Å². The fourth-order valence-corrected chi connectivity index (χ4v) is 5.03. The first kappa shape index (κ1) is 17.1. The van der Waals surface area contributed by atoms with Crippen molar-refractivity contribution in [1.82, 2.24) is 15.6 Å². The molecule has 2 aromatic heterocycles. The summed E-state index contributed by atoms with van der Waals surface area (Å²) in [5.41, 5.74) is 2.68. The highest BCUT2D eigenvalue weighted by Gasteiger charge is 2.31. The van der Waals surface area contributed by atoms with Gasteiger partial charge in [0.25, 0.3) is 5.91 Å². The highest BCUT2D eigenvalue weighted by atomic mass is 32.1. The maximum Gasteiger partial charge on any atom is 0.405 e. The first-order valence-electron chi connectivity index (χ1n) is 8.95. The first-order chi connectivity index (χ1) is 12.6. The summed E-state index contributed by atoms with van der Waals surface area (Å²) < 4.78 is 1.11. The van der Waals surface area contributed by atoms with E-state index < -0.39 is 6.09 Å². The Balaban J connectivity index is 1.71. The van der Waals surface area contributed by atoms with Crippen LogP contribution in [-0.2, 0) is 0 Å². The molecule has 0 atom stereocenters. The number of aromatic nitrogens is 1. The van der Waals surface area contributed by atoms with Gasteiger partial charge in [-0.25, -0.2) is 9.78 Å². The van der Waals surface area contributed by atoms with Crippen molar-refractivity contribution < 1.29 is 14.7 Å². The van der Waals surface area contributed by atoms with E-state index in [4.69, 9.17) is 10.1 Å². The lowest BCUT2D eigenvalue weighted by Crippen LogP contribution is -2.59. The zero-order valence-electron chi connectivity index (χ0n) is 14.6. The fourth-order valence-electron chi connectivity index (χ4n) is 3.95. The molecule has 0 spiro atoms. The molecule has 7 nitrogen and oxygen atoms in total. The molecule has 8 heteroatoms. The third-order valence-electron chi connectivity index (χ3n) is 5.34. The highest BCUT2D eigenvalue weighted by molar-refractivity contribution is 7.17. The molecule has 0 unspecified atom stereocenters. The summed E-state index contributed by atoms with van der Waals surface area (Å²) in [6.07, 6.45) is 3.84. The third-order valence-corrected chi connectivity index (χ3v) is 6.36. The Bertz CT molecular complexity index is 853. The summed E-state index contributed by atoms with van der Waals surface area (Å²) in [5, 5.41) is 15.9. The van der Waals surface area contributed by atoms with Crippen LogP contribution in [0, 0.1) is 0 Å². The van der Waals surface area contributed by atoms with Crippen LogP contribution in [0.2, 0.25) is 0 Å². The summed E-state index contributed by atoms with van der Waals surface area (Å²) >= 11 is 1.59. The zero-order valence-corrected chi connectivity index (χ0v) is 15.4. The number of pyridine rings is 1. The number of carbonyl (C=O) groups excluding carboxylic acids is 1. The number of carbonyl (C=O) groups is 2. The molecule has 0 aromatic carbocycles. The van der Waals surface area contributed by atoms with Crippen molar-refractivity contribution in [3.63, 3.8) is 0 Å². The molecule has 3 heterocycles. The van der Waals surface area contributed by atoms with Gasteiger partial charge in [0.2, 0.25) is 0 Å². The van der Waals surface area contributed by atoms with Gasteiger partial charge in [-0.2, -0.15) is 0 Å². The van der Waals surface area contributed by atoms with Crippen molar-refractivity contribution in [2.24, 2.45) is 0 Å². The molecular weight excluding hydrogens is 352 g/mol. The number of nitrogens with one attached hydrogen (secondary N) is 2. The molecule has 138 valence electrons. The van der Waals surface area contributed by atoms with E-state index in [2.05, 4.69) is 21.6 Å². The molecule has 2 aliphatic rings. The monoisotopic (exact) mass is 374 g/mol. The maximum absolute atomic E-state index is 12.2. The third kappa shape index (κ3) is 2.98. The minimum atomic E-state index is -0.996. The second-order valence-electron chi connectivity index (χ2n) is 7.01. The Labute approximate surface area is 155 Å². The molecule has 2 fully saturated rings. The smallest absolute Gasteiger partial charge is 0.405 e. The van der Waals surface area contributed by atoms with E-state index in [0.717, 1.165) is 16.0 Å². The van der Waals surface area contributed by atoms with Crippen LogP contribution < -0.4 is 15.5 Å². The predicted molar refractivity (Wildman–Crippen MR) is 101 cm³/mol. The average molecular weight is 374 g/mol. The van der Waals surface area contributed by atoms with E-state index in [1.165, 1.54) is 31.2 Å². The fraction of sp³-hybridized carbons (Fsp3) is 0.500. The van der Waals surface area contributed by atoms with Gasteiger partial charge < -0.3 is 20.6 Å². The highest BCUT2D eigenvalue weighted by Crippen LogP contribution is 2.42. The van der Waals surface area contributed by atoms with E-state index in [1.807, 2.05) is 5.38 Å². The van der Waals surface area contributed by atoms with E-state index in [1.54, 1.807) is 18.4 Å². The van der Waals surface area contributed by atoms with Crippen molar-refractivity contribution in [2.75, 3.05) is 25.0 Å². The van der Waals surface area contributed by atoms with Gasteiger partial charge in [-0.3, -0.25) is 4.79 Å². The Morgan fingerprint density at radius 3 is 2.69 bits per heavy atom. The Morgan fingerprint density at radius 2 is 2.04 bits per heavy atom. The van der Waals surface area contributed by atoms with Crippen molar-refractivity contribution in [3.05, 3.63) is 22.6 Å². The standard InChI is InChI=1S/C18H22N4O3S/c1-19-17(23)13-9-26-16-12(10-4-2-3-5-10)6-14(21-15(13)16)22-7-11(8-22)20-18(24)25/h6,9-11,20H,2-5,7-8H2,1H3,(H,19,23)(H,24,25). The van der Waals surface area contributed by atoms with Crippen LogP contribution in [0.25, 0.3) is 10.2 Å². The minimum Gasteiger partial charge on any atom is -0.465 e. The van der Waals surface area contributed by atoms with Gasteiger partial charge in [0.05, 0.1) is 21.8 Å². The topological polar surface area (TPSA) is 94.6 Å². The van der Waals surface area contributed by atoms with Gasteiger partial charge in [0.1, 0.15) is 5.82 Å². The first-order valence-corrected chi connectivity index (χ1v) is 9.83. The van der Waals surface area contributed by atoms with E-state index >= 15 is 0 Å². The number of nitrogens with zero attached hydrogens (tertiary/aromatic N) is 2. The molecule has 1 aliphatic heterocycles. The number of hydrogen-bond acceptors (Lipinski definition) is 5. The van der Waals surface area contributed by atoms with Crippen molar-refractivity contribution in [3.8, 4) is 0 Å². The predicted octanol–water partition coefficient (Wildman–Crippen LogP) is 2.77. The zero-order chi connectivity index (χ0) is 18.3. The van der Waals surface area contributed by atoms with Crippen molar-refractivity contribution in [2.45, 2.75) is 37.6 Å². The molecule has 1 saturated heterocycles. The Morgan fingerprint density at radius 1 is 1.31 bits per heavy atom. The van der Waals surface area contributed by atoms with Crippen LogP contribution in [0.4, 0.5) is 10.6 Å². The summed E-state index contributed by atoms with van der Waals surface area (Å²) in [6, 6.07) is 2.08. The van der Waals surface area contributed by atoms with E-state index in [0.29, 0.717) is 24.6 Å².